The Labute approximate surface area is 125 Å². The van der Waals surface area contributed by atoms with Gasteiger partial charge in [0, 0.05) is 42.9 Å². The highest BCUT2D eigenvalue weighted by atomic mass is 16.4. The summed E-state index contributed by atoms with van der Waals surface area (Å²) in [5.41, 5.74) is 1.28. The molecule has 5 nitrogen and oxygen atoms in total. The van der Waals surface area contributed by atoms with Gasteiger partial charge in [0.25, 0.3) is 0 Å². The minimum absolute atomic E-state index is 0.339. The number of aromatic nitrogens is 2. The lowest BCUT2D eigenvalue weighted by molar-refractivity contribution is -0.138. The molecular weight excluding hydrogens is 266 g/mol. The van der Waals surface area contributed by atoms with Crippen molar-refractivity contribution < 1.29 is 9.90 Å². The summed E-state index contributed by atoms with van der Waals surface area (Å²) < 4.78 is 2.01. The Hall–Kier alpha value is -1.36. The average molecular weight is 291 g/mol. The summed E-state index contributed by atoms with van der Waals surface area (Å²) in [4.78, 5) is 13.5. The van der Waals surface area contributed by atoms with Crippen molar-refractivity contribution in [1.82, 2.24) is 14.7 Å². The third kappa shape index (κ3) is 3.12. The maximum atomic E-state index is 10.9. The van der Waals surface area contributed by atoms with Crippen LogP contribution in [0.15, 0.2) is 12.4 Å². The summed E-state index contributed by atoms with van der Waals surface area (Å²) in [7, 11) is 0. The average Bonchev–Trinajstić information content (AvgIpc) is 2.94. The number of rotatable bonds is 5. The second kappa shape index (κ2) is 5.79. The molecule has 2 fully saturated rings. The van der Waals surface area contributed by atoms with E-state index in [0.717, 1.165) is 19.4 Å². The third-order valence-electron chi connectivity index (χ3n) is 4.99. The van der Waals surface area contributed by atoms with Gasteiger partial charge in [0.15, 0.2) is 0 Å². The highest BCUT2D eigenvalue weighted by Crippen LogP contribution is 2.40. The molecule has 0 saturated carbocycles. The van der Waals surface area contributed by atoms with Crippen LogP contribution in [0, 0.1) is 5.92 Å². The highest BCUT2D eigenvalue weighted by molar-refractivity contribution is 5.67. The van der Waals surface area contributed by atoms with Gasteiger partial charge in [-0.3, -0.25) is 14.4 Å². The van der Waals surface area contributed by atoms with Gasteiger partial charge in [-0.15, -0.1) is 0 Å². The van der Waals surface area contributed by atoms with E-state index in [0.29, 0.717) is 30.5 Å². The molecule has 2 bridgehead atoms. The number of carbonyl (C=O) groups is 1. The number of hydrogen-bond donors (Lipinski definition) is 1. The van der Waals surface area contributed by atoms with E-state index < -0.39 is 5.97 Å². The van der Waals surface area contributed by atoms with Crippen LogP contribution >= 0.6 is 0 Å². The van der Waals surface area contributed by atoms with E-state index in [1.54, 1.807) is 0 Å². The second-order valence-corrected chi connectivity index (χ2v) is 6.91. The van der Waals surface area contributed by atoms with Crippen molar-refractivity contribution in [1.29, 1.82) is 0 Å². The molecule has 2 saturated heterocycles. The molecule has 2 aliphatic rings. The van der Waals surface area contributed by atoms with Crippen LogP contribution in [0.3, 0.4) is 0 Å². The Morgan fingerprint density at radius 3 is 2.57 bits per heavy atom. The van der Waals surface area contributed by atoms with Gasteiger partial charge >= 0.3 is 5.97 Å². The van der Waals surface area contributed by atoms with Crippen molar-refractivity contribution in [3.05, 3.63) is 18.0 Å². The molecule has 1 aromatic heterocycles. The zero-order chi connectivity index (χ0) is 15.0. The molecule has 5 heteroatoms. The number of carboxylic acids is 1. The Bertz CT molecular complexity index is 497. The van der Waals surface area contributed by atoms with E-state index in [2.05, 4.69) is 30.0 Å². The van der Waals surface area contributed by atoms with Crippen molar-refractivity contribution >= 4 is 5.97 Å². The molecule has 21 heavy (non-hydrogen) atoms. The van der Waals surface area contributed by atoms with Crippen LogP contribution < -0.4 is 0 Å². The fourth-order valence-corrected chi connectivity index (χ4v) is 4.01. The number of carboxylic acid groups (broad SMARTS) is 1. The van der Waals surface area contributed by atoms with Crippen LogP contribution in [0.2, 0.25) is 0 Å². The minimum atomic E-state index is -0.647. The fourth-order valence-electron chi connectivity index (χ4n) is 4.01. The molecule has 2 atom stereocenters. The summed E-state index contributed by atoms with van der Waals surface area (Å²) in [6.45, 7) is 5.23. The number of nitrogens with zero attached hydrogens (tertiary/aromatic N) is 3. The molecule has 1 aromatic rings. The monoisotopic (exact) mass is 291 g/mol. The van der Waals surface area contributed by atoms with Gasteiger partial charge in [-0.25, -0.2) is 0 Å². The van der Waals surface area contributed by atoms with Gasteiger partial charge in [0.1, 0.15) is 0 Å². The quantitative estimate of drug-likeness (QED) is 0.906. The number of fused-ring (bicyclic) bond motifs is 2. The van der Waals surface area contributed by atoms with E-state index in [9.17, 15) is 4.79 Å². The first-order chi connectivity index (χ1) is 10.0. The smallest absolute Gasteiger partial charge is 0.303 e. The first kappa shape index (κ1) is 14.6. The standard InChI is InChI=1S/C16H25N3O2/c1-11(2)19-10-13(8-17-19)9-18-14-3-4-15(18)6-12(5-14)7-16(20)21/h8,10-12,14-15H,3-7,9H2,1-2H3,(H,20,21). The van der Waals surface area contributed by atoms with Crippen LogP contribution in [-0.2, 0) is 11.3 Å². The summed E-state index contributed by atoms with van der Waals surface area (Å²) in [5, 5.41) is 13.4. The molecule has 116 valence electrons. The number of hydrogen-bond acceptors (Lipinski definition) is 3. The Morgan fingerprint density at radius 1 is 1.38 bits per heavy atom. The molecule has 2 aliphatic heterocycles. The molecular formula is C16H25N3O2. The van der Waals surface area contributed by atoms with Crippen LogP contribution in [0.5, 0.6) is 0 Å². The highest BCUT2D eigenvalue weighted by Gasteiger charge is 2.40. The van der Waals surface area contributed by atoms with Crippen LogP contribution in [0.25, 0.3) is 0 Å². The van der Waals surface area contributed by atoms with Crippen molar-refractivity contribution in [2.75, 3.05) is 0 Å². The summed E-state index contributed by atoms with van der Waals surface area (Å²) in [6.07, 6.45) is 8.99. The summed E-state index contributed by atoms with van der Waals surface area (Å²) in [6, 6.07) is 1.53. The zero-order valence-corrected chi connectivity index (χ0v) is 12.9. The van der Waals surface area contributed by atoms with Gasteiger partial charge in [-0.1, -0.05) is 0 Å². The van der Waals surface area contributed by atoms with Crippen LogP contribution in [0.1, 0.15) is 57.6 Å². The van der Waals surface area contributed by atoms with Crippen molar-refractivity contribution in [2.24, 2.45) is 5.92 Å². The lowest BCUT2D eigenvalue weighted by Crippen LogP contribution is -2.42. The fraction of sp³-hybridized carbons (Fsp3) is 0.750. The van der Waals surface area contributed by atoms with Gasteiger partial charge in [-0.2, -0.15) is 5.10 Å². The number of aliphatic carboxylic acids is 1. The van der Waals surface area contributed by atoms with E-state index >= 15 is 0 Å². The Kier molecular flexibility index (Phi) is 4.02. The SMILES string of the molecule is CC(C)n1cc(CN2C3CCC2CC(CC(=O)O)C3)cn1. The molecule has 1 N–H and O–H groups in total. The molecule has 0 aromatic carbocycles. The first-order valence-electron chi connectivity index (χ1n) is 8.03. The lowest BCUT2D eigenvalue weighted by Gasteiger charge is -2.38. The van der Waals surface area contributed by atoms with Crippen LogP contribution in [-0.4, -0.2) is 37.8 Å². The number of piperidine rings is 1. The van der Waals surface area contributed by atoms with Crippen LogP contribution in [0.4, 0.5) is 0 Å². The van der Waals surface area contributed by atoms with Crippen molar-refractivity contribution in [3.8, 4) is 0 Å². The maximum Gasteiger partial charge on any atom is 0.303 e. The second-order valence-electron chi connectivity index (χ2n) is 6.91. The molecule has 0 amide bonds. The normalized spacial score (nSPS) is 29.2. The predicted octanol–water partition coefficient (Wildman–Crippen LogP) is 2.68. The van der Waals surface area contributed by atoms with Gasteiger partial charge in [-0.05, 0) is 45.4 Å². The molecule has 0 spiro atoms. The van der Waals surface area contributed by atoms with E-state index in [1.165, 1.54) is 18.4 Å². The molecule has 0 aliphatic carbocycles. The first-order valence-corrected chi connectivity index (χ1v) is 8.03. The molecule has 3 heterocycles. The third-order valence-corrected chi connectivity index (χ3v) is 4.99. The Balaban J connectivity index is 1.63. The maximum absolute atomic E-state index is 10.9. The Morgan fingerprint density at radius 2 is 2.05 bits per heavy atom. The largest absolute Gasteiger partial charge is 0.481 e. The van der Waals surface area contributed by atoms with E-state index in [1.807, 2.05) is 10.9 Å². The van der Waals surface area contributed by atoms with E-state index in [-0.39, 0.29) is 0 Å². The topological polar surface area (TPSA) is 58.4 Å². The summed E-state index contributed by atoms with van der Waals surface area (Å²) >= 11 is 0. The molecule has 0 radical (unpaired) electrons. The lowest BCUT2D eigenvalue weighted by atomic mass is 9.88. The van der Waals surface area contributed by atoms with Crippen molar-refractivity contribution in [2.45, 2.75) is 70.6 Å². The predicted molar refractivity (Wildman–Crippen MR) is 79.9 cm³/mol. The van der Waals surface area contributed by atoms with E-state index in [4.69, 9.17) is 5.11 Å². The van der Waals surface area contributed by atoms with Gasteiger partial charge in [0.05, 0.1) is 6.20 Å². The molecule has 2 unspecified atom stereocenters. The van der Waals surface area contributed by atoms with Gasteiger partial charge in [0.2, 0.25) is 0 Å². The van der Waals surface area contributed by atoms with Gasteiger partial charge < -0.3 is 5.11 Å². The summed E-state index contributed by atoms with van der Waals surface area (Å²) in [5.74, 6) is -0.277. The molecule has 3 rings (SSSR count). The minimum Gasteiger partial charge on any atom is -0.481 e. The zero-order valence-electron chi connectivity index (χ0n) is 12.9. The van der Waals surface area contributed by atoms with Crippen molar-refractivity contribution in [3.63, 3.8) is 0 Å².